The standard InChI is InChI=1S/C10H17N3/c1-10(2,3)6-8-4-5-9-7-11-12-13(8)9/h7-8H,4-6H2,1-3H3. The third-order valence-corrected chi connectivity index (χ3v) is 2.58. The van der Waals surface area contributed by atoms with Crippen molar-refractivity contribution in [3.8, 4) is 0 Å². The van der Waals surface area contributed by atoms with Crippen LogP contribution in [0, 0.1) is 5.41 Å². The minimum atomic E-state index is 0.387. The summed E-state index contributed by atoms with van der Waals surface area (Å²) in [5, 5.41) is 8.07. The van der Waals surface area contributed by atoms with E-state index in [0.29, 0.717) is 11.5 Å². The fourth-order valence-corrected chi connectivity index (χ4v) is 2.08. The van der Waals surface area contributed by atoms with Gasteiger partial charge in [0, 0.05) is 0 Å². The smallest absolute Gasteiger partial charge is 0.0725 e. The van der Waals surface area contributed by atoms with Crippen molar-refractivity contribution in [2.24, 2.45) is 5.41 Å². The summed E-state index contributed by atoms with van der Waals surface area (Å²) < 4.78 is 2.10. The second-order valence-corrected chi connectivity index (χ2v) is 5.13. The molecule has 0 aromatic carbocycles. The topological polar surface area (TPSA) is 30.7 Å². The Morgan fingerprint density at radius 1 is 1.54 bits per heavy atom. The van der Waals surface area contributed by atoms with Gasteiger partial charge in [-0.1, -0.05) is 26.0 Å². The minimum absolute atomic E-state index is 0.387. The zero-order valence-corrected chi connectivity index (χ0v) is 8.62. The van der Waals surface area contributed by atoms with E-state index in [9.17, 15) is 0 Å². The average molecular weight is 179 g/mol. The first-order valence-corrected chi connectivity index (χ1v) is 4.95. The maximum Gasteiger partial charge on any atom is 0.0725 e. The molecule has 1 atom stereocenters. The average Bonchev–Trinajstić information content (AvgIpc) is 2.50. The molecule has 0 saturated carbocycles. The Hall–Kier alpha value is -0.860. The zero-order valence-electron chi connectivity index (χ0n) is 8.62. The first-order valence-electron chi connectivity index (χ1n) is 4.95. The Labute approximate surface area is 79.1 Å². The van der Waals surface area contributed by atoms with Crippen molar-refractivity contribution in [2.45, 2.75) is 46.1 Å². The molecule has 0 fully saturated rings. The van der Waals surface area contributed by atoms with E-state index in [1.807, 2.05) is 6.20 Å². The first-order chi connectivity index (χ1) is 6.06. The van der Waals surface area contributed by atoms with E-state index < -0.39 is 0 Å². The van der Waals surface area contributed by atoms with Crippen molar-refractivity contribution in [3.63, 3.8) is 0 Å². The maximum atomic E-state index is 4.13. The van der Waals surface area contributed by atoms with Gasteiger partial charge in [-0.15, -0.1) is 5.10 Å². The molecule has 0 bridgehead atoms. The third-order valence-electron chi connectivity index (χ3n) is 2.58. The normalized spacial score (nSPS) is 21.9. The van der Waals surface area contributed by atoms with E-state index >= 15 is 0 Å². The molecule has 1 aromatic rings. The highest BCUT2D eigenvalue weighted by atomic mass is 15.4. The highest BCUT2D eigenvalue weighted by Crippen LogP contribution is 2.34. The van der Waals surface area contributed by atoms with Crippen LogP contribution in [0.2, 0.25) is 0 Å². The molecular weight excluding hydrogens is 162 g/mol. The molecule has 3 heteroatoms. The highest BCUT2D eigenvalue weighted by molar-refractivity contribution is 5.02. The Kier molecular flexibility index (Phi) is 1.90. The van der Waals surface area contributed by atoms with E-state index in [2.05, 4.69) is 35.8 Å². The van der Waals surface area contributed by atoms with Crippen molar-refractivity contribution in [3.05, 3.63) is 11.9 Å². The predicted molar refractivity (Wildman–Crippen MR) is 51.5 cm³/mol. The lowest BCUT2D eigenvalue weighted by molar-refractivity contribution is 0.283. The molecular formula is C10H17N3. The highest BCUT2D eigenvalue weighted by Gasteiger charge is 2.27. The molecule has 72 valence electrons. The summed E-state index contributed by atoms with van der Waals surface area (Å²) in [6, 6.07) is 0.581. The molecule has 2 rings (SSSR count). The Morgan fingerprint density at radius 2 is 2.31 bits per heavy atom. The lowest BCUT2D eigenvalue weighted by atomic mass is 9.87. The van der Waals surface area contributed by atoms with Gasteiger partial charge >= 0.3 is 0 Å². The molecule has 0 radical (unpaired) electrons. The van der Waals surface area contributed by atoms with Gasteiger partial charge < -0.3 is 0 Å². The van der Waals surface area contributed by atoms with Crippen molar-refractivity contribution >= 4 is 0 Å². The number of aryl methyl sites for hydroxylation is 1. The van der Waals surface area contributed by atoms with Gasteiger partial charge in [0.05, 0.1) is 17.9 Å². The Balaban J connectivity index is 2.13. The molecule has 1 aliphatic heterocycles. The molecule has 3 nitrogen and oxygen atoms in total. The molecule has 13 heavy (non-hydrogen) atoms. The van der Waals surface area contributed by atoms with Gasteiger partial charge in [-0.05, 0) is 24.7 Å². The Morgan fingerprint density at radius 3 is 3.00 bits per heavy atom. The zero-order chi connectivity index (χ0) is 9.47. The summed E-state index contributed by atoms with van der Waals surface area (Å²) in [5.41, 5.74) is 1.69. The number of hydrogen-bond acceptors (Lipinski definition) is 2. The summed E-state index contributed by atoms with van der Waals surface area (Å²) in [7, 11) is 0. The molecule has 0 N–H and O–H groups in total. The van der Waals surface area contributed by atoms with Crippen LogP contribution in [-0.4, -0.2) is 15.0 Å². The predicted octanol–water partition coefficient (Wildman–Crippen LogP) is 2.20. The molecule has 1 aromatic heterocycles. The van der Waals surface area contributed by atoms with Crippen LogP contribution < -0.4 is 0 Å². The van der Waals surface area contributed by atoms with Gasteiger partial charge in [-0.2, -0.15) is 0 Å². The fraction of sp³-hybridized carbons (Fsp3) is 0.800. The molecule has 1 aliphatic rings. The summed E-state index contributed by atoms with van der Waals surface area (Å²) in [6.07, 6.45) is 5.47. The lowest BCUT2D eigenvalue weighted by Crippen LogP contribution is -2.15. The molecule has 0 amide bonds. The summed E-state index contributed by atoms with van der Waals surface area (Å²) in [6.45, 7) is 6.84. The lowest BCUT2D eigenvalue weighted by Gasteiger charge is -2.22. The number of nitrogens with zero attached hydrogens (tertiary/aromatic N) is 3. The molecule has 1 unspecified atom stereocenters. The van der Waals surface area contributed by atoms with Crippen molar-refractivity contribution in [1.82, 2.24) is 15.0 Å². The van der Waals surface area contributed by atoms with Crippen LogP contribution in [0.15, 0.2) is 6.20 Å². The van der Waals surface area contributed by atoms with Gasteiger partial charge in [0.15, 0.2) is 0 Å². The van der Waals surface area contributed by atoms with Crippen LogP contribution in [0.3, 0.4) is 0 Å². The third kappa shape index (κ3) is 1.74. The van der Waals surface area contributed by atoms with Gasteiger partial charge in [-0.3, -0.25) is 0 Å². The monoisotopic (exact) mass is 179 g/mol. The first kappa shape index (κ1) is 8.73. The summed E-state index contributed by atoms with van der Waals surface area (Å²) in [4.78, 5) is 0. The largest absolute Gasteiger partial charge is 0.246 e. The second kappa shape index (κ2) is 2.82. The van der Waals surface area contributed by atoms with Gasteiger partial charge in [0.25, 0.3) is 0 Å². The van der Waals surface area contributed by atoms with Gasteiger partial charge in [-0.25, -0.2) is 4.68 Å². The van der Waals surface area contributed by atoms with E-state index in [1.54, 1.807) is 0 Å². The van der Waals surface area contributed by atoms with Crippen LogP contribution in [0.1, 0.15) is 45.3 Å². The number of aromatic nitrogens is 3. The second-order valence-electron chi connectivity index (χ2n) is 5.13. The minimum Gasteiger partial charge on any atom is -0.246 e. The number of rotatable bonds is 1. The van der Waals surface area contributed by atoms with Crippen molar-refractivity contribution in [1.29, 1.82) is 0 Å². The van der Waals surface area contributed by atoms with Crippen LogP contribution >= 0.6 is 0 Å². The quantitative estimate of drug-likeness (QED) is 0.661. The van der Waals surface area contributed by atoms with E-state index in [1.165, 1.54) is 18.5 Å². The molecule has 0 saturated heterocycles. The van der Waals surface area contributed by atoms with Crippen LogP contribution in [0.4, 0.5) is 0 Å². The van der Waals surface area contributed by atoms with Gasteiger partial charge in [0.1, 0.15) is 0 Å². The van der Waals surface area contributed by atoms with Crippen molar-refractivity contribution in [2.75, 3.05) is 0 Å². The van der Waals surface area contributed by atoms with Crippen LogP contribution in [0.5, 0.6) is 0 Å². The summed E-state index contributed by atoms with van der Waals surface area (Å²) in [5.74, 6) is 0. The van der Waals surface area contributed by atoms with Crippen LogP contribution in [-0.2, 0) is 6.42 Å². The van der Waals surface area contributed by atoms with Gasteiger partial charge in [0.2, 0.25) is 0 Å². The summed E-state index contributed by atoms with van der Waals surface area (Å²) >= 11 is 0. The molecule has 0 spiro atoms. The molecule has 0 aliphatic carbocycles. The van der Waals surface area contributed by atoms with Crippen molar-refractivity contribution < 1.29 is 0 Å². The molecule has 2 heterocycles. The van der Waals surface area contributed by atoms with E-state index in [-0.39, 0.29) is 0 Å². The SMILES string of the molecule is CC(C)(C)CC1CCc2cnnn21. The fourth-order valence-electron chi connectivity index (χ4n) is 2.08. The maximum absolute atomic E-state index is 4.13. The van der Waals surface area contributed by atoms with E-state index in [0.717, 1.165) is 6.42 Å². The Bertz CT molecular complexity index is 295. The van der Waals surface area contributed by atoms with Crippen LogP contribution in [0.25, 0.3) is 0 Å². The van der Waals surface area contributed by atoms with E-state index in [4.69, 9.17) is 0 Å². The number of hydrogen-bond donors (Lipinski definition) is 0. The number of fused-ring (bicyclic) bond motifs is 1.